The molecule has 10 heteroatoms. The zero-order chi connectivity index (χ0) is 17.1. The zero-order valence-electron chi connectivity index (χ0n) is 11.2. The summed E-state index contributed by atoms with van der Waals surface area (Å²) in [7, 11) is 0. The van der Waals surface area contributed by atoms with Crippen LogP contribution in [0.1, 0.15) is 10.4 Å². The highest BCUT2D eigenvalue weighted by Gasteiger charge is 2.20. The number of nitro groups is 2. The van der Waals surface area contributed by atoms with E-state index in [1.54, 1.807) is 0 Å². The molecule has 0 aliphatic heterocycles. The maximum absolute atomic E-state index is 12.2. The molecule has 2 aromatic rings. The largest absolute Gasteiger partial charge is 0.316 e. The van der Waals surface area contributed by atoms with E-state index in [2.05, 4.69) is 5.32 Å². The van der Waals surface area contributed by atoms with Crippen molar-refractivity contribution in [2.24, 2.45) is 0 Å². The third-order valence-corrected chi connectivity index (χ3v) is 3.37. The van der Waals surface area contributed by atoms with Gasteiger partial charge in [0.05, 0.1) is 20.4 Å². The second-order valence-corrected chi connectivity index (χ2v) is 5.14. The maximum Gasteiger partial charge on any atom is 0.294 e. The molecule has 0 saturated carbocycles. The van der Waals surface area contributed by atoms with Gasteiger partial charge >= 0.3 is 0 Å². The van der Waals surface area contributed by atoms with Crippen LogP contribution in [0.25, 0.3) is 0 Å². The summed E-state index contributed by atoms with van der Waals surface area (Å²) in [5.74, 6) is -0.816. The van der Waals surface area contributed by atoms with Crippen molar-refractivity contribution >= 4 is 46.2 Å². The molecule has 1 amide bonds. The van der Waals surface area contributed by atoms with E-state index in [-0.39, 0.29) is 27.0 Å². The molecule has 23 heavy (non-hydrogen) atoms. The summed E-state index contributed by atoms with van der Waals surface area (Å²) in [5.41, 5.74) is -1.02. The Balaban J connectivity index is 2.39. The molecule has 2 aromatic carbocycles. The minimum atomic E-state index is -0.816. The number of nitrogens with zero attached hydrogens (tertiary/aromatic N) is 2. The molecule has 118 valence electrons. The molecule has 0 aromatic heterocycles. The average Bonchev–Trinajstić information content (AvgIpc) is 2.48. The number of hydrogen-bond acceptors (Lipinski definition) is 5. The summed E-state index contributed by atoms with van der Waals surface area (Å²) in [4.78, 5) is 32.5. The zero-order valence-corrected chi connectivity index (χ0v) is 12.7. The fraction of sp³-hybridized carbons (Fsp3) is 0. The summed E-state index contributed by atoms with van der Waals surface area (Å²) in [5, 5.41) is 24.1. The predicted octanol–water partition coefficient (Wildman–Crippen LogP) is 4.06. The molecule has 1 N–H and O–H groups in total. The van der Waals surface area contributed by atoms with Gasteiger partial charge in [0.15, 0.2) is 0 Å². The Kier molecular flexibility index (Phi) is 4.77. The first-order valence-corrected chi connectivity index (χ1v) is 6.74. The van der Waals surface area contributed by atoms with Crippen LogP contribution in [0.2, 0.25) is 10.0 Å². The monoisotopic (exact) mass is 355 g/mol. The van der Waals surface area contributed by atoms with Gasteiger partial charge in [0.1, 0.15) is 5.69 Å². The highest BCUT2D eigenvalue weighted by molar-refractivity contribution is 6.34. The normalized spacial score (nSPS) is 10.2. The lowest BCUT2D eigenvalue weighted by molar-refractivity contribution is -0.384. The van der Waals surface area contributed by atoms with Crippen molar-refractivity contribution in [3.05, 3.63) is 72.2 Å². The van der Waals surface area contributed by atoms with E-state index in [1.807, 2.05) is 0 Å². The Hall–Kier alpha value is -2.71. The SMILES string of the molecule is O=C(Nc1ccc(Cl)cc1[N+](=O)[O-])c1cc([N+](=O)[O-])ccc1Cl. The number of anilines is 1. The Labute approximate surface area is 138 Å². The number of non-ortho nitro benzene ring substituents is 1. The number of rotatable bonds is 4. The number of halogens is 2. The van der Waals surface area contributed by atoms with Gasteiger partial charge in [-0.25, -0.2) is 0 Å². The van der Waals surface area contributed by atoms with Crippen LogP contribution in [0.15, 0.2) is 36.4 Å². The Bertz CT molecular complexity index is 825. The first kappa shape index (κ1) is 16.7. The van der Waals surface area contributed by atoms with Gasteiger partial charge in [-0.1, -0.05) is 23.2 Å². The topological polar surface area (TPSA) is 115 Å². The van der Waals surface area contributed by atoms with Crippen molar-refractivity contribution in [3.8, 4) is 0 Å². The van der Waals surface area contributed by atoms with E-state index in [1.165, 1.54) is 18.2 Å². The molecule has 0 saturated heterocycles. The van der Waals surface area contributed by atoms with Gasteiger partial charge in [-0.3, -0.25) is 25.0 Å². The minimum Gasteiger partial charge on any atom is -0.316 e. The van der Waals surface area contributed by atoms with E-state index in [4.69, 9.17) is 23.2 Å². The van der Waals surface area contributed by atoms with Crippen LogP contribution in [0.4, 0.5) is 17.1 Å². The van der Waals surface area contributed by atoms with Crippen molar-refractivity contribution < 1.29 is 14.6 Å². The predicted molar refractivity (Wildman–Crippen MR) is 84.2 cm³/mol. The molecule has 0 bridgehead atoms. The Morgan fingerprint density at radius 3 is 2.30 bits per heavy atom. The lowest BCUT2D eigenvalue weighted by atomic mass is 10.1. The molecule has 8 nitrogen and oxygen atoms in total. The minimum absolute atomic E-state index is 0.0234. The fourth-order valence-electron chi connectivity index (χ4n) is 1.75. The molecule has 0 atom stereocenters. The quantitative estimate of drug-likeness (QED) is 0.655. The summed E-state index contributed by atoms with van der Waals surface area (Å²) in [6, 6.07) is 7.02. The first-order chi connectivity index (χ1) is 10.8. The maximum atomic E-state index is 12.2. The third-order valence-electron chi connectivity index (χ3n) is 2.81. The molecule has 0 spiro atoms. The van der Waals surface area contributed by atoms with Crippen LogP contribution >= 0.6 is 23.2 Å². The Morgan fingerprint density at radius 1 is 1.00 bits per heavy atom. The number of nitro benzene ring substituents is 2. The second kappa shape index (κ2) is 6.59. The van der Waals surface area contributed by atoms with Crippen molar-refractivity contribution in [1.29, 1.82) is 0 Å². The number of carbonyl (C=O) groups excluding carboxylic acids is 1. The van der Waals surface area contributed by atoms with Crippen LogP contribution in [0.3, 0.4) is 0 Å². The van der Waals surface area contributed by atoms with Crippen molar-refractivity contribution in [1.82, 2.24) is 0 Å². The van der Waals surface area contributed by atoms with Gasteiger partial charge in [0, 0.05) is 23.2 Å². The van der Waals surface area contributed by atoms with Gasteiger partial charge in [0.25, 0.3) is 17.3 Å². The lowest BCUT2D eigenvalue weighted by Crippen LogP contribution is -2.14. The van der Waals surface area contributed by atoms with Crippen molar-refractivity contribution in [3.63, 3.8) is 0 Å². The molecular weight excluding hydrogens is 349 g/mol. The average molecular weight is 356 g/mol. The van der Waals surface area contributed by atoms with Crippen LogP contribution < -0.4 is 5.32 Å². The number of hydrogen-bond donors (Lipinski definition) is 1. The number of nitrogens with one attached hydrogen (secondary N) is 1. The molecule has 0 heterocycles. The van der Waals surface area contributed by atoms with E-state index in [0.29, 0.717) is 0 Å². The molecule has 0 aliphatic carbocycles. The molecule has 0 radical (unpaired) electrons. The van der Waals surface area contributed by atoms with E-state index >= 15 is 0 Å². The molecular formula is C13H7Cl2N3O5. The molecule has 0 aliphatic rings. The van der Waals surface area contributed by atoms with Crippen molar-refractivity contribution in [2.75, 3.05) is 5.32 Å². The molecule has 2 rings (SSSR count). The van der Waals surface area contributed by atoms with Crippen molar-refractivity contribution in [2.45, 2.75) is 0 Å². The molecule has 0 fully saturated rings. The highest BCUT2D eigenvalue weighted by Crippen LogP contribution is 2.29. The highest BCUT2D eigenvalue weighted by atomic mass is 35.5. The summed E-state index contributed by atoms with van der Waals surface area (Å²) >= 11 is 11.5. The summed E-state index contributed by atoms with van der Waals surface area (Å²) in [6.45, 7) is 0. The van der Waals surface area contributed by atoms with Crippen LogP contribution in [0, 0.1) is 20.2 Å². The number of carbonyl (C=O) groups is 1. The lowest BCUT2D eigenvalue weighted by Gasteiger charge is -2.07. The summed E-state index contributed by atoms with van der Waals surface area (Å²) in [6.07, 6.45) is 0. The summed E-state index contributed by atoms with van der Waals surface area (Å²) < 4.78 is 0. The first-order valence-electron chi connectivity index (χ1n) is 5.99. The number of benzene rings is 2. The van der Waals surface area contributed by atoms with Gasteiger partial charge in [-0.05, 0) is 18.2 Å². The Morgan fingerprint density at radius 2 is 1.70 bits per heavy atom. The smallest absolute Gasteiger partial charge is 0.294 e. The van der Waals surface area contributed by atoms with Crippen LogP contribution in [0.5, 0.6) is 0 Å². The van der Waals surface area contributed by atoms with Crippen LogP contribution in [-0.2, 0) is 0 Å². The number of amides is 1. The standard InChI is InChI=1S/C13H7Cl2N3O5/c14-7-1-4-11(12(5-7)18(22)23)16-13(19)9-6-8(17(20)21)2-3-10(9)15/h1-6H,(H,16,19). The van der Waals surface area contributed by atoms with E-state index in [9.17, 15) is 25.0 Å². The van der Waals surface area contributed by atoms with Crippen LogP contribution in [-0.4, -0.2) is 15.8 Å². The van der Waals surface area contributed by atoms with Gasteiger partial charge in [-0.15, -0.1) is 0 Å². The van der Waals surface area contributed by atoms with E-state index in [0.717, 1.165) is 18.2 Å². The van der Waals surface area contributed by atoms with Gasteiger partial charge in [0.2, 0.25) is 0 Å². The fourth-order valence-corrected chi connectivity index (χ4v) is 2.12. The van der Waals surface area contributed by atoms with Gasteiger partial charge < -0.3 is 5.32 Å². The third kappa shape index (κ3) is 3.74. The van der Waals surface area contributed by atoms with Gasteiger partial charge in [-0.2, -0.15) is 0 Å². The van der Waals surface area contributed by atoms with E-state index < -0.39 is 21.4 Å². The second-order valence-electron chi connectivity index (χ2n) is 4.29. The molecule has 0 unspecified atom stereocenters.